The second-order valence-corrected chi connectivity index (χ2v) is 8.33. The smallest absolute Gasteiger partial charge is 0.358 e. The molecule has 168 valence electrons. The minimum atomic E-state index is -0.633. The molecule has 2 aromatic heterocycles. The Balaban J connectivity index is 1.39. The Morgan fingerprint density at radius 1 is 1.12 bits per heavy atom. The number of aryl methyl sites for hydroxylation is 2. The predicted molar refractivity (Wildman–Crippen MR) is 127 cm³/mol. The zero-order chi connectivity index (χ0) is 23.2. The lowest BCUT2D eigenvalue weighted by molar-refractivity contribution is -0.124. The van der Waals surface area contributed by atoms with Gasteiger partial charge in [-0.1, -0.05) is 61.5 Å². The first kappa shape index (κ1) is 22.4. The summed E-state index contributed by atoms with van der Waals surface area (Å²) < 4.78 is 7.07. The van der Waals surface area contributed by atoms with Gasteiger partial charge in [-0.2, -0.15) is 0 Å². The van der Waals surface area contributed by atoms with Crippen molar-refractivity contribution in [2.45, 2.75) is 19.4 Å². The number of hydrogen-bond acceptors (Lipinski definition) is 6. The maximum atomic E-state index is 12.6. The van der Waals surface area contributed by atoms with Crippen LogP contribution >= 0.6 is 11.3 Å². The second kappa shape index (κ2) is 10.2. The standard InChI is InChI=1S/C25H24N4O3S/c1-3-17-9-11-19(12-10-17)24-27-20(16-33-24)25(31)32-15-21(30)28-22(18-7-5-4-6-8-18)23-26-13-14-29(23)2/h4-14,16,22H,3,15H2,1-2H3,(H,28,30). The molecule has 0 radical (unpaired) electrons. The fourth-order valence-electron chi connectivity index (χ4n) is 3.39. The molecule has 0 saturated heterocycles. The predicted octanol–water partition coefficient (Wildman–Crippen LogP) is 4.17. The van der Waals surface area contributed by atoms with Crippen LogP contribution in [-0.2, 0) is 23.0 Å². The van der Waals surface area contributed by atoms with Gasteiger partial charge in [0.05, 0.1) is 0 Å². The zero-order valence-corrected chi connectivity index (χ0v) is 19.2. The van der Waals surface area contributed by atoms with Crippen molar-refractivity contribution in [3.8, 4) is 10.6 Å². The molecular formula is C25H24N4O3S. The number of benzene rings is 2. The highest BCUT2D eigenvalue weighted by molar-refractivity contribution is 7.13. The summed E-state index contributed by atoms with van der Waals surface area (Å²) in [6.07, 6.45) is 4.45. The third kappa shape index (κ3) is 5.35. The van der Waals surface area contributed by atoms with Gasteiger partial charge >= 0.3 is 5.97 Å². The molecule has 0 spiro atoms. The van der Waals surface area contributed by atoms with Gasteiger partial charge in [0, 0.05) is 30.4 Å². The fourth-order valence-corrected chi connectivity index (χ4v) is 4.18. The van der Waals surface area contributed by atoms with Gasteiger partial charge in [-0.05, 0) is 17.5 Å². The summed E-state index contributed by atoms with van der Waals surface area (Å²) in [4.78, 5) is 33.8. The first-order chi connectivity index (χ1) is 16.0. The Kier molecular flexibility index (Phi) is 6.95. The molecule has 4 rings (SSSR count). The maximum Gasteiger partial charge on any atom is 0.358 e. The number of esters is 1. The number of nitrogens with zero attached hydrogens (tertiary/aromatic N) is 3. The van der Waals surface area contributed by atoms with Gasteiger partial charge in [-0.3, -0.25) is 4.79 Å². The van der Waals surface area contributed by atoms with E-state index < -0.39 is 24.5 Å². The number of carbonyl (C=O) groups excluding carboxylic acids is 2. The highest BCUT2D eigenvalue weighted by Crippen LogP contribution is 2.25. The number of amides is 1. The molecule has 0 saturated carbocycles. The molecule has 1 amide bonds. The fraction of sp³-hybridized carbons (Fsp3) is 0.200. The van der Waals surface area contributed by atoms with Gasteiger partial charge in [0.2, 0.25) is 0 Å². The summed E-state index contributed by atoms with van der Waals surface area (Å²) in [7, 11) is 1.86. The van der Waals surface area contributed by atoms with Crippen molar-refractivity contribution in [1.29, 1.82) is 0 Å². The van der Waals surface area contributed by atoms with Gasteiger partial charge in [0.15, 0.2) is 12.3 Å². The van der Waals surface area contributed by atoms with Gasteiger partial charge in [0.25, 0.3) is 5.91 Å². The number of imidazole rings is 1. The summed E-state index contributed by atoms with van der Waals surface area (Å²) in [5, 5.41) is 5.28. The van der Waals surface area contributed by atoms with Crippen LogP contribution in [0.2, 0.25) is 0 Å². The Morgan fingerprint density at radius 2 is 1.88 bits per heavy atom. The average molecular weight is 461 g/mol. The molecule has 1 N–H and O–H groups in total. The van der Waals surface area contributed by atoms with Crippen molar-refractivity contribution in [3.63, 3.8) is 0 Å². The Hall–Kier alpha value is -3.78. The maximum absolute atomic E-state index is 12.6. The van der Waals surface area contributed by atoms with E-state index in [1.807, 2.05) is 72.4 Å². The van der Waals surface area contributed by atoms with Crippen LogP contribution in [0.5, 0.6) is 0 Å². The van der Waals surface area contributed by atoms with Gasteiger partial charge < -0.3 is 14.6 Å². The van der Waals surface area contributed by atoms with Crippen LogP contribution in [0.25, 0.3) is 10.6 Å². The van der Waals surface area contributed by atoms with Crippen molar-refractivity contribution < 1.29 is 14.3 Å². The molecule has 2 heterocycles. The van der Waals surface area contributed by atoms with Crippen LogP contribution in [0.1, 0.15) is 40.4 Å². The number of carbonyl (C=O) groups is 2. The molecule has 0 aliphatic heterocycles. The van der Waals surface area contributed by atoms with Gasteiger partial charge in [-0.25, -0.2) is 14.8 Å². The quantitative estimate of drug-likeness (QED) is 0.399. The molecule has 33 heavy (non-hydrogen) atoms. The number of hydrogen-bond donors (Lipinski definition) is 1. The van der Waals surface area contributed by atoms with E-state index in [0.717, 1.165) is 22.6 Å². The Morgan fingerprint density at radius 3 is 2.55 bits per heavy atom. The normalized spacial score (nSPS) is 11.7. The van der Waals surface area contributed by atoms with E-state index in [0.29, 0.717) is 5.82 Å². The molecule has 4 aromatic rings. The van der Waals surface area contributed by atoms with Crippen LogP contribution in [0, 0.1) is 0 Å². The highest BCUT2D eigenvalue weighted by Gasteiger charge is 2.22. The van der Waals surface area contributed by atoms with E-state index >= 15 is 0 Å². The van der Waals surface area contributed by atoms with E-state index in [-0.39, 0.29) is 5.69 Å². The molecular weight excluding hydrogens is 436 g/mol. The minimum Gasteiger partial charge on any atom is -0.451 e. The zero-order valence-electron chi connectivity index (χ0n) is 18.4. The highest BCUT2D eigenvalue weighted by atomic mass is 32.1. The van der Waals surface area contributed by atoms with E-state index in [1.54, 1.807) is 11.6 Å². The molecule has 0 aliphatic rings. The van der Waals surface area contributed by atoms with E-state index in [2.05, 4.69) is 22.2 Å². The van der Waals surface area contributed by atoms with E-state index in [4.69, 9.17) is 4.74 Å². The minimum absolute atomic E-state index is 0.186. The summed E-state index contributed by atoms with van der Waals surface area (Å²) in [5.41, 5.74) is 3.24. The van der Waals surface area contributed by atoms with Crippen molar-refractivity contribution in [2.24, 2.45) is 7.05 Å². The largest absolute Gasteiger partial charge is 0.451 e. The topological polar surface area (TPSA) is 86.1 Å². The van der Waals surface area contributed by atoms with Crippen molar-refractivity contribution in [1.82, 2.24) is 19.9 Å². The van der Waals surface area contributed by atoms with Crippen LogP contribution in [0.4, 0.5) is 0 Å². The molecule has 0 fully saturated rings. The molecule has 8 heteroatoms. The van der Waals surface area contributed by atoms with Gasteiger partial charge in [-0.15, -0.1) is 11.3 Å². The Bertz CT molecular complexity index is 1230. The number of aromatic nitrogens is 3. The lowest BCUT2D eigenvalue weighted by Gasteiger charge is -2.19. The van der Waals surface area contributed by atoms with Gasteiger partial charge in [0.1, 0.15) is 16.9 Å². The SMILES string of the molecule is CCc1ccc(-c2nc(C(=O)OCC(=O)NC(c3ccccc3)c3nccn3C)cs2)cc1. The summed E-state index contributed by atoms with van der Waals surface area (Å²) in [6, 6.07) is 17.1. The van der Waals surface area contributed by atoms with E-state index in [9.17, 15) is 9.59 Å². The average Bonchev–Trinajstić information content (AvgIpc) is 3.51. The Labute approximate surface area is 196 Å². The first-order valence-electron chi connectivity index (χ1n) is 10.6. The number of thiazole rings is 1. The molecule has 0 bridgehead atoms. The molecule has 7 nitrogen and oxygen atoms in total. The molecule has 1 unspecified atom stereocenters. The molecule has 0 aliphatic carbocycles. The third-order valence-electron chi connectivity index (χ3n) is 5.21. The van der Waals surface area contributed by atoms with Crippen molar-refractivity contribution in [2.75, 3.05) is 6.61 Å². The first-order valence-corrected chi connectivity index (χ1v) is 11.5. The van der Waals surface area contributed by atoms with Crippen LogP contribution in [0.3, 0.4) is 0 Å². The van der Waals surface area contributed by atoms with E-state index in [1.165, 1.54) is 16.9 Å². The monoisotopic (exact) mass is 460 g/mol. The second-order valence-electron chi connectivity index (χ2n) is 7.47. The molecule has 2 aromatic carbocycles. The third-order valence-corrected chi connectivity index (χ3v) is 6.10. The number of rotatable bonds is 8. The molecule has 1 atom stereocenters. The van der Waals surface area contributed by atoms with Crippen LogP contribution in [0.15, 0.2) is 72.4 Å². The summed E-state index contributed by atoms with van der Waals surface area (Å²) >= 11 is 1.36. The lowest BCUT2D eigenvalue weighted by atomic mass is 10.1. The van der Waals surface area contributed by atoms with Crippen molar-refractivity contribution >= 4 is 23.2 Å². The van der Waals surface area contributed by atoms with Crippen LogP contribution < -0.4 is 5.32 Å². The summed E-state index contributed by atoms with van der Waals surface area (Å²) in [6.45, 7) is 1.69. The van der Waals surface area contributed by atoms with Crippen LogP contribution in [-0.4, -0.2) is 33.0 Å². The van der Waals surface area contributed by atoms with Crippen molar-refractivity contribution in [3.05, 3.63) is 95.0 Å². The number of ether oxygens (including phenoxy) is 1. The lowest BCUT2D eigenvalue weighted by Crippen LogP contribution is -2.34. The summed E-state index contributed by atoms with van der Waals surface area (Å²) in [5.74, 6) is -0.379. The number of nitrogens with one attached hydrogen (secondary N) is 1.